The lowest BCUT2D eigenvalue weighted by molar-refractivity contribution is -0.115. The van der Waals surface area contributed by atoms with Gasteiger partial charge in [0.2, 0.25) is 0 Å². The summed E-state index contributed by atoms with van der Waals surface area (Å²) in [5.41, 5.74) is 0.635. The van der Waals surface area contributed by atoms with Gasteiger partial charge in [-0.2, -0.15) is 0 Å². The van der Waals surface area contributed by atoms with Gasteiger partial charge in [0.05, 0.1) is 0 Å². The molecule has 0 aromatic carbocycles. The highest BCUT2D eigenvalue weighted by Gasteiger charge is 2.55. The molecule has 128 valence electrons. The maximum atomic E-state index is 3.94. The fraction of sp³-hybridized carbons (Fsp3) is 1.00. The third-order valence-corrected chi connectivity index (χ3v) is 7.77. The van der Waals surface area contributed by atoms with E-state index in [0.717, 1.165) is 29.7 Å². The van der Waals surface area contributed by atoms with Crippen molar-refractivity contribution >= 4 is 0 Å². The van der Waals surface area contributed by atoms with E-state index < -0.39 is 0 Å². The van der Waals surface area contributed by atoms with Gasteiger partial charge in [-0.1, -0.05) is 65.7 Å². The minimum Gasteiger partial charge on any atom is -0.314 e. The molecule has 4 rings (SSSR count). The molecular weight excluding hydrogens is 266 g/mol. The van der Waals surface area contributed by atoms with Crippen LogP contribution in [0, 0.1) is 29.1 Å². The Kier molecular flexibility index (Phi) is 5.53. The number of fused-ring (bicyclic) bond motifs is 2. The fourth-order valence-electron chi connectivity index (χ4n) is 5.93. The molecule has 0 aliphatic heterocycles. The summed E-state index contributed by atoms with van der Waals surface area (Å²) in [6.45, 7) is 8.79. The first-order valence-electron chi connectivity index (χ1n) is 10.3. The van der Waals surface area contributed by atoms with E-state index in [2.05, 4.69) is 26.1 Å². The number of nitrogens with one attached hydrogen (secondary N) is 1. The predicted molar refractivity (Wildman–Crippen MR) is 96.0 cm³/mol. The Bertz CT molecular complexity index is 340. The largest absolute Gasteiger partial charge is 0.314 e. The van der Waals surface area contributed by atoms with Crippen molar-refractivity contribution in [2.24, 2.45) is 29.1 Å². The Hall–Kier alpha value is -0.0400. The van der Waals surface area contributed by atoms with E-state index >= 15 is 0 Å². The summed E-state index contributed by atoms with van der Waals surface area (Å²) in [5, 5.41) is 3.94. The van der Waals surface area contributed by atoms with Crippen LogP contribution >= 0.6 is 0 Å². The van der Waals surface area contributed by atoms with Gasteiger partial charge >= 0.3 is 0 Å². The molecule has 1 unspecified atom stereocenters. The zero-order valence-electron chi connectivity index (χ0n) is 15.4. The Morgan fingerprint density at radius 1 is 0.955 bits per heavy atom. The monoisotopic (exact) mass is 305 g/mol. The van der Waals surface area contributed by atoms with Gasteiger partial charge in [0.25, 0.3) is 0 Å². The molecule has 4 aliphatic carbocycles. The summed E-state index contributed by atoms with van der Waals surface area (Å²) in [7, 11) is 0. The topological polar surface area (TPSA) is 12.0 Å². The summed E-state index contributed by atoms with van der Waals surface area (Å²) in [6, 6.07) is 0.814. The van der Waals surface area contributed by atoms with Crippen LogP contribution in [0.1, 0.15) is 91.4 Å². The lowest BCUT2D eigenvalue weighted by Gasteiger charge is -2.62. The van der Waals surface area contributed by atoms with E-state index in [1.54, 1.807) is 0 Å². The van der Waals surface area contributed by atoms with Crippen LogP contribution in [0.15, 0.2) is 0 Å². The Morgan fingerprint density at radius 2 is 1.64 bits per heavy atom. The fourth-order valence-corrected chi connectivity index (χ4v) is 5.93. The SMILES string of the molecule is C[C@H]1[C@H](NCCCC2CCCCCCC2)CC2C[C@@H]1C2(C)C. The zero-order chi connectivity index (χ0) is 15.6. The van der Waals surface area contributed by atoms with Crippen LogP contribution in [0.3, 0.4) is 0 Å². The molecular formula is C21H39N. The normalized spacial score (nSPS) is 38.9. The van der Waals surface area contributed by atoms with Crippen LogP contribution < -0.4 is 5.32 Å². The summed E-state index contributed by atoms with van der Waals surface area (Å²) in [5.74, 6) is 3.91. The van der Waals surface area contributed by atoms with E-state index in [9.17, 15) is 0 Å². The van der Waals surface area contributed by atoms with E-state index in [-0.39, 0.29) is 0 Å². The molecule has 0 spiro atoms. The molecule has 4 aliphatic rings. The second-order valence-electron chi connectivity index (χ2n) is 9.37. The average Bonchev–Trinajstić information content (AvgIpc) is 2.46. The molecule has 0 aromatic rings. The highest BCUT2D eigenvalue weighted by Crippen LogP contribution is 2.61. The molecule has 0 radical (unpaired) electrons. The molecule has 0 saturated heterocycles. The Labute approximate surface area is 139 Å². The van der Waals surface area contributed by atoms with Gasteiger partial charge in [-0.25, -0.2) is 0 Å². The van der Waals surface area contributed by atoms with Crippen LogP contribution in [0.25, 0.3) is 0 Å². The molecule has 2 bridgehead atoms. The maximum Gasteiger partial charge on any atom is 0.00983 e. The van der Waals surface area contributed by atoms with Crippen LogP contribution in [0.4, 0.5) is 0 Å². The molecule has 4 fully saturated rings. The minimum atomic E-state index is 0.635. The van der Waals surface area contributed by atoms with Gasteiger partial charge in [-0.3, -0.25) is 0 Å². The van der Waals surface area contributed by atoms with E-state index in [1.807, 2.05) is 0 Å². The third kappa shape index (κ3) is 3.55. The van der Waals surface area contributed by atoms with Crippen molar-refractivity contribution in [3.63, 3.8) is 0 Å². The van der Waals surface area contributed by atoms with Crippen molar-refractivity contribution in [2.75, 3.05) is 6.54 Å². The van der Waals surface area contributed by atoms with Crippen LogP contribution in [-0.4, -0.2) is 12.6 Å². The van der Waals surface area contributed by atoms with Gasteiger partial charge in [0, 0.05) is 6.04 Å². The second-order valence-corrected chi connectivity index (χ2v) is 9.37. The summed E-state index contributed by atoms with van der Waals surface area (Å²) >= 11 is 0. The smallest absolute Gasteiger partial charge is 0.00983 e. The van der Waals surface area contributed by atoms with Crippen LogP contribution in [0.2, 0.25) is 0 Å². The molecule has 0 amide bonds. The summed E-state index contributed by atoms with van der Waals surface area (Å²) < 4.78 is 0. The van der Waals surface area contributed by atoms with Crippen molar-refractivity contribution in [1.29, 1.82) is 0 Å². The van der Waals surface area contributed by atoms with Gasteiger partial charge in [0.15, 0.2) is 0 Å². The van der Waals surface area contributed by atoms with E-state index in [0.29, 0.717) is 5.41 Å². The summed E-state index contributed by atoms with van der Waals surface area (Å²) in [4.78, 5) is 0. The summed E-state index contributed by atoms with van der Waals surface area (Å²) in [6.07, 6.45) is 16.3. The highest BCUT2D eigenvalue weighted by molar-refractivity contribution is 5.06. The van der Waals surface area contributed by atoms with Crippen molar-refractivity contribution < 1.29 is 0 Å². The van der Waals surface area contributed by atoms with Crippen molar-refractivity contribution in [3.05, 3.63) is 0 Å². The predicted octanol–water partition coefficient (Wildman–Crippen LogP) is 5.79. The van der Waals surface area contributed by atoms with E-state index in [4.69, 9.17) is 0 Å². The zero-order valence-corrected chi connectivity index (χ0v) is 15.4. The first kappa shape index (κ1) is 16.8. The van der Waals surface area contributed by atoms with Crippen molar-refractivity contribution in [2.45, 2.75) is 97.4 Å². The second kappa shape index (κ2) is 7.24. The van der Waals surface area contributed by atoms with Crippen molar-refractivity contribution in [3.8, 4) is 0 Å². The van der Waals surface area contributed by atoms with Gasteiger partial charge < -0.3 is 5.32 Å². The molecule has 0 heterocycles. The molecule has 4 atom stereocenters. The minimum absolute atomic E-state index is 0.635. The van der Waals surface area contributed by atoms with Crippen LogP contribution in [-0.2, 0) is 0 Å². The number of hydrogen-bond donors (Lipinski definition) is 1. The molecule has 1 nitrogen and oxygen atoms in total. The van der Waals surface area contributed by atoms with Crippen LogP contribution in [0.5, 0.6) is 0 Å². The molecule has 4 saturated carbocycles. The molecule has 1 N–H and O–H groups in total. The number of hydrogen-bond acceptors (Lipinski definition) is 1. The van der Waals surface area contributed by atoms with E-state index in [1.165, 1.54) is 77.2 Å². The number of rotatable bonds is 5. The van der Waals surface area contributed by atoms with Gasteiger partial charge in [0.1, 0.15) is 0 Å². The van der Waals surface area contributed by atoms with Gasteiger partial charge in [-0.15, -0.1) is 0 Å². The lowest BCUT2D eigenvalue weighted by atomic mass is 9.45. The quantitative estimate of drug-likeness (QED) is 0.634. The van der Waals surface area contributed by atoms with Crippen molar-refractivity contribution in [1.82, 2.24) is 5.32 Å². The first-order chi connectivity index (χ1) is 10.6. The lowest BCUT2D eigenvalue weighted by Crippen LogP contribution is -2.60. The molecule has 0 aromatic heterocycles. The third-order valence-electron chi connectivity index (χ3n) is 7.77. The molecule has 22 heavy (non-hydrogen) atoms. The highest BCUT2D eigenvalue weighted by atomic mass is 14.9. The first-order valence-corrected chi connectivity index (χ1v) is 10.3. The molecule has 1 heteroatoms. The Morgan fingerprint density at radius 3 is 2.27 bits per heavy atom. The standard InChI is InChI=1S/C21H39N/c1-16-19-14-18(21(19,2)3)15-20(16)22-13-9-12-17-10-7-5-4-6-8-11-17/h16-20,22H,4-15H2,1-3H3/t16-,18?,19+,20-/m1/s1. The maximum absolute atomic E-state index is 3.94. The van der Waals surface area contributed by atoms with Gasteiger partial charge in [-0.05, 0) is 61.3 Å². The Balaban J connectivity index is 1.34. The average molecular weight is 306 g/mol.